The summed E-state index contributed by atoms with van der Waals surface area (Å²) in [5.74, 6) is 0. The van der Waals surface area contributed by atoms with Crippen LogP contribution in [0.2, 0.25) is 10.0 Å². The molecule has 0 saturated carbocycles. The van der Waals surface area contributed by atoms with E-state index >= 15 is 0 Å². The molecule has 0 radical (unpaired) electrons. The number of fused-ring (bicyclic) bond motifs is 3. The number of carbonyl (C=O) groups is 1. The molecule has 0 aliphatic carbocycles. The van der Waals surface area contributed by atoms with Crippen LogP contribution in [0.5, 0.6) is 0 Å². The molecule has 0 N–H and O–H groups in total. The normalized spacial score (nSPS) is 18.0. The topological polar surface area (TPSA) is 34.5 Å². The lowest BCUT2D eigenvalue weighted by molar-refractivity contribution is 0.0176. The summed E-state index contributed by atoms with van der Waals surface area (Å²) < 4.78 is 7.92. The zero-order valence-electron chi connectivity index (χ0n) is 16.3. The van der Waals surface area contributed by atoms with Crippen LogP contribution in [0.25, 0.3) is 21.8 Å². The van der Waals surface area contributed by atoms with E-state index in [9.17, 15) is 4.79 Å². The summed E-state index contributed by atoms with van der Waals surface area (Å²) in [5, 5.41) is 3.56. The number of halogens is 2. The van der Waals surface area contributed by atoms with E-state index in [0.29, 0.717) is 16.6 Å². The lowest BCUT2D eigenvalue weighted by atomic mass is 10.1. The van der Waals surface area contributed by atoms with Gasteiger partial charge in [-0.3, -0.25) is 0 Å². The highest BCUT2D eigenvalue weighted by Gasteiger charge is 2.30. The second-order valence-corrected chi connectivity index (χ2v) is 9.29. The van der Waals surface area contributed by atoms with Crippen molar-refractivity contribution < 1.29 is 9.53 Å². The molecule has 6 heteroatoms. The number of carbonyl (C=O) groups excluding carboxylic acids is 1. The Balaban J connectivity index is 1.76. The Morgan fingerprint density at radius 1 is 1.04 bits per heavy atom. The van der Waals surface area contributed by atoms with E-state index in [-0.39, 0.29) is 12.1 Å². The van der Waals surface area contributed by atoms with Gasteiger partial charge in [0.05, 0.1) is 6.04 Å². The first-order valence-corrected chi connectivity index (χ1v) is 10.4. The minimum Gasteiger partial charge on any atom is -0.444 e. The molecule has 1 fully saturated rings. The van der Waals surface area contributed by atoms with Crippen LogP contribution < -0.4 is 0 Å². The summed E-state index contributed by atoms with van der Waals surface area (Å²) in [5.41, 5.74) is 1.72. The Bertz CT molecular complexity index is 993. The predicted octanol–water partition coefficient (Wildman–Crippen LogP) is 6.67. The van der Waals surface area contributed by atoms with Gasteiger partial charge in [0.2, 0.25) is 0 Å². The number of ether oxygens (including phenoxy) is 1. The first kappa shape index (κ1) is 19.4. The van der Waals surface area contributed by atoms with Gasteiger partial charge in [-0.15, -0.1) is 0 Å². The van der Waals surface area contributed by atoms with Gasteiger partial charge in [-0.2, -0.15) is 0 Å². The maximum absolute atomic E-state index is 12.6. The molecule has 148 valence electrons. The molecular weight excluding hydrogens is 395 g/mol. The second-order valence-electron chi connectivity index (χ2n) is 8.42. The number of hydrogen-bond donors (Lipinski definition) is 0. The molecule has 1 amide bonds. The Kier molecular flexibility index (Phi) is 4.96. The van der Waals surface area contributed by atoms with Crippen molar-refractivity contribution in [3.8, 4) is 0 Å². The second kappa shape index (κ2) is 7.16. The standard InChI is InChI=1S/C22H24Cl2N2O2/c1-22(2,3)28-21(27)25-10-4-5-16(13-25)26-19-8-6-14(23)11-17(19)18-12-15(24)7-9-20(18)26/h6-9,11-12,16H,4-5,10,13H2,1-3H3/t16-/m1/s1. The molecule has 2 heterocycles. The smallest absolute Gasteiger partial charge is 0.410 e. The third-order valence-corrected chi connectivity index (χ3v) is 5.61. The number of piperidine rings is 1. The first-order valence-electron chi connectivity index (χ1n) is 9.59. The largest absolute Gasteiger partial charge is 0.444 e. The SMILES string of the molecule is CC(C)(C)OC(=O)N1CCC[C@@H](n2c3ccc(Cl)cc3c3cc(Cl)ccc32)C1. The zero-order chi connectivity index (χ0) is 20.1. The number of likely N-dealkylation sites (tertiary alicyclic amines) is 1. The van der Waals surface area contributed by atoms with Crippen LogP contribution in [0.1, 0.15) is 39.7 Å². The fourth-order valence-corrected chi connectivity index (χ4v) is 4.39. The molecule has 0 unspecified atom stereocenters. The molecule has 1 saturated heterocycles. The van der Waals surface area contributed by atoms with E-state index in [2.05, 4.69) is 16.7 Å². The van der Waals surface area contributed by atoms with Crippen LogP contribution in [-0.4, -0.2) is 34.3 Å². The third-order valence-electron chi connectivity index (χ3n) is 5.14. The summed E-state index contributed by atoms with van der Waals surface area (Å²) in [6.45, 7) is 7.03. The maximum Gasteiger partial charge on any atom is 0.410 e. The molecule has 1 aromatic heterocycles. The molecule has 1 aliphatic heterocycles. The molecule has 28 heavy (non-hydrogen) atoms. The van der Waals surface area contributed by atoms with E-state index in [0.717, 1.165) is 41.2 Å². The summed E-state index contributed by atoms with van der Waals surface area (Å²) in [6.07, 6.45) is 1.69. The van der Waals surface area contributed by atoms with Crippen molar-refractivity contribution in [1.82, 2.24) is 9.47 Å². The van der Waals surface area contributed by atoms with Gasteiger partial charge in [-0.25, -0.2) is 4.79 Å². The fraction of sp³-hybridized carbons (Fsp3) is 0.409. The van der Waals surface area contributed by atoms with Crippen molar-refractivity contribution in [1.29, 1.82) is 0 Å². The van der Waals surface area contributed by atoms with Crippen LogP contribution in [0, 0.1) is 0 Å². The molecule has 2 aromatic carbocycles. The van der Waals surface area contributed by atoms with Crippen LogP contribution in [-0.2, 0) is 4.74 Å². The number of amides is 1. The van der Waals surface area contributed by atoms with Crippen LogP contribution in [0.15, 0.2) is 36.4 Å². The lowest BCUT2D eigenvalue weighted by Crippen LogP contribution is -2.43. The molecular formula is C22H24Cl2N2O2. The van der Waals surface area contributed by atoms with Crippen molar-refractivity contribution in [2.45, 2.75) is 45.3 Å². The summed E-state index contributed by atoms with van der Waals surface area (Å²) in [6, 6.07) is 12.1. The van der Waals surface area contributed by atoms with Gasteiger partial charge in [-0.1, -0.05) is 23.2 Å². The molecule has 1 atom stereocenters. The fourth-order valence-electron chi connectivity index (χ4n) is 4.05. The van der Waals surface area contributed by atoms with Crippen molar-refractivity contribution in [2.75, 3.05) is 13.1 Å². The first-order chi connectivity index (χ1) is 13.2. The van der Waals surface area contributed by atoms with Gasteiger partial charge in [0, 0.05) is 44.9 Å². The molecule has 1 aliphatic rings. The minimum absolute atomic E-state index is 0.170. The van der Waals surface area contributed by atoms with Gasteiger partial charge < -0.3 is 14.2 Å². The average molecular weight is 419 g/mol. The Morgan fingerprint density at radius 2 is 1.61 bits per heavy atom. The average Bonchev–Trinajstić information content (AvgIpc) is 2.93. The van der Waals surface area contributed by atoms with E-state index in [1.54, 1.807) is 0 Å². The van der Waals surface area contributed by atoms with E-state index in [1.165, 1.54) is 0 Å². The zero-order valence-corrected chi connectivity index (χ0v) is 17.8. The van der Waals surface area contributed by atoms with E-state index < -0.39 is 5.60 Å². The highest BCUT2D eigenvalue weighted by molar-refractivity contribution is 6.33. The van der Waals surface area contributed by atoms with Crippen molar-refractivity contribution in [3.05, 3.63) is 46.4 Å². The molecule has 3 aromatic rings. The monoisotopic (exact) mass is 418 g/mol. The number of rotatable bonds is 1. The highest BCUT2D eigenvalue weighted by Crippen LogP contribution is 2.37. The molecule has 0 spiro atoms. The predicted molar refractivity (Wildman–Crippen MR) is 116 cm³/mol. The van der Waals surface area contributed by atoms with Crippen molar-refractivity contribution in [3.63, 3.8) is 0 Å². The summed E-state index contributed by atoms with van der Waals surface area (Å²) in [7, 11) is 0. The van der Waals surface area contributed by atoms with Crippen LogP contribution >= 0.6 is 23.2 Å². The molecule has 0 bridgehead atoms. The van der Waals surface area contributed by atoms with Gasteiger partial charge >= 0.3 is 6.09 Å². The highest BCUT2D eigenvalue weighted by atomic mass is 35.5. The number of aromatic nitrogens is 1. The number of hydrogen-bond acceptors (Lipinski definition) is 2. The number of nitrogens with zero attached hydrogens (tertiary/aromatic N) is 2. The van der Waals surface area contributed by atoms with E-state index in [4.69, 9.17) is 27.9 Å². The van der Waals surface area contributed by atoms with Crippen molar-refractivity contribution in [2.24, 2.45) is 0 Å². The minimum atomic E-state index is -0.496. The summed E-state index contributed by atoms with van der Waals surface area (Å²) >= 11 is 12.5. The molecule has 4 nitrogen and oxygen atoms in total. The summed E-state index contributed by atoms with van der Waals surface area (Å²) in [4.78, 5) is 14.4. The Morgan fingerprint density at radius 3 is 2.14 bits per heavy atom. The van der Waals surface area contributed by atoms with Gasteiger partial charge in [-0.05, 0) is 70.0 Å². The van der Waals surface area contributed by atoms with Crippen LogP contribution in [0.4, 0.5) is 4.79 Å². The Hall–Kier alpha value is -1.91. The van der Waals surface area contributed by atoms with Gasteiger partial charge in [0.25, 0.3) is 0 Å². The maximum atomic E-state index is 12.6. The van der Waals surface area contributed by atoms with Crippen molar-refractivity contribution >= 4 is 51.1 Å². The molecule has 4 rings (SSSR count). The van der Waals surface area contributed by atoms with Crippen LogP contribution in [0.3, 0.4) is 0 Å². The quantitative estimate of drug-likeness (QED) is 0.441. The third kappa shape index (κ3) is 3.68. The lowest BCUT2D eigenvalue weighted by Gasteiger charge is -2.35. The van der Waals surface area contributed by atoms with Gasteiger partial charge in [0.15, 0.2) is 0 Å². The van der Waals surface area contributed by atoms with E-state index in [1.807, 2.05) is 49.9 Å². The van der Waals surface area contributed by atoms with Gasteiger partial charge in [0.1, 0.15) is 5.60 Å². The number of benzene rings is 2. The Labute approximate surface area is 174 Å².